The van der Waals surface area contributed by atoms with Gasteiger partial charge >= 0.3 is 6.09 Å². The Balaban J connectivity index is 1.97. The highest BCUT2D eigenvalue weighted by molar-refractivity contribution is 5.70. The number of anilines is 1. The number of alkyl carbamates (subject to hydrolysis) is 1. The molecule has 0 atom stereocenters. The summed E-state index contributed by atoms with van der Waals surface area (Å²) in [5.41, 5.74) is 1.05. The summed E-state index contributed by atoms with van der Waals surface area (Å²) in [6.45, 7) is 6.14. The molecule has 0 radical (unpaired) electrons. The maximum absolute atomic E-state index is 11.4. The van der Waals surface area contributed by atoms with Crippen molar-refractivity contribution in [1.29, 1.82) is 0 Å². The van der Waals surface area contributed by atoms with Gasteiger partial charge in [0, 0.05) is 6.20 Å². The molecule has 23 heavy (non-hydrogen) atoms. The molecule has 0 bridgehead atoms. The Morgan fingerprint density at radius 3 is 2.74 bits per heavy atom. The van der Waals surface area contributed by atoms with E-state index < -0.39 is 6.09 Å². The molecule has 0 unspecified atom stereocenters. The molecule has 1 aromatic carbocycles. The predicted octanol–water partition coefficient (Wildman–Crippen LogP) is 3.29. The number of hydrogen-bond donors (Lipinski definition) is 2. The molecule has 1 heterocycles. The van der Waals surface area contributed by atoms with E-state index >= 15 is 0 Å². The van der Waals surface area contributed by atoms with E-state index in [9.17, 15) is 4.79 Å². The highest BCUT2D eigenvalue weighted by Gasteiger charge is 2.08. The van der Waals surface area contributed by atoms with Crippen LogP contribution in [-0.2, 0) is 11.3 Å². The normalized spacial score (nSPS) is 9.78. The second-order valence-corrected chi connectivity index (χ2v) is 4.57. The van der Waals surface area contributed by atoms with Crippen LogP contribution in [0.4, 0.5) is 10.6 Å². The fourth-order valence-corrected chi connectivity index (χ4v) is 1.80. The average Bonchev–Trinajstić information content (AvgIpc) is 2.55. The molecular weight excluding hydrogens is 294 g/mol. The van der Waals surface area contributed by atoms with Gasteiger partial charge in [0.15, 0.2) is 11.6 Å². The number of nitrogens with zero attached hydrogens (tertiary/aromatic N) is 1. The van der Waals surface area contributed by atoms with E-state index in [1.54, 1.807) is 25.3 Å². The van der Waals surface area contributed by atoms with Crippen molar-refractivity contribution in [3.8, 4) is 5.75 Å². The van der Waals surface area contributed by atoms with Gasteiger partial charge in [-0.05, 0) is 24.6 Å². The van der Waals surface area contributed by atoms with E-state index in [2.05, 4.69) is 22.2 Å². The molecule has 6 nitrogen and oxygen atoms in total. The quantitative estimate of drug-likeness (QED) is 0.820. The van der Waals surface area contributed by atoms with E-state index in [0.717, 1.165) is 5.56 Å². The fourth-order valence-electron chi connectivity index (χ4n) is 1.80. The molecule has 0 aliphatic heterocycles. The van der Waals surface area contributed by atoms with Crippen LogP contribution in [0.1, 0.15) is 12.5 Å². The monoisotopic (exact) mass is 313 g/mol. The van der Waals surface area contributed by atoms with Crippen LogP contribution in [0, 0.1) is 0 Å². The van der Waals surface area contributed by atoms with E-state index in [4.69, 9.17) is 9.47 Å². The molecule has 1 amide bonds. The fraction of sp³-hybridized carbons (Fsp3) is 0.176. The van der Waals surface area contributed by atoms with E-state index in [-0.39, 0.29) is 12.4 Å². The van der Waals surface area contributed by atoms with Crippen molar-refractivity contribution in [2.24, 2.45) is 0 Å². The van der Waals surface area contributed by atoms with E-state index in [1.165, 1.54) is 0 Å². The lowest BCUT2D eigenvalue weighted by molar-refractivity contribution is 0.155. The molecule has 120 valence electrons. The molecule has 0 saturated carbocycles. The second-order valence-electron chi connectivity index (χ2n) is 4.57. The minimum absolute atomic E-state index is 0.256. The molecule has 1 aromatic heterocycles. The van der Waals surface area contributed by atoms with Gasteiger partial charge in [-0.3, -0.25) is 5.32 Å². The Hall–Kier alpha value is -3.02. The highest BCUT2D eigenvalue weighted by atomic mass is 16.5. The molecule has 2 N–H and O–H groups in total. The van der Waals surface area contributed by atoms with Crippen molar-refractivity contribution in [1.82, 2.24) is 10.3 Å². The molecule has 2 rings (SSSR count). The zero-order chi connectivity index (χ0) is 16.5. The first-order chi connectivity index (χ1) is 11.2. The van der Waals surface area contributed by atoms with Crippen LogP contribution in [0.15, 0.2) is 61.1 Å². The third-order valence-electron chi connectivity index (χ3n) is 2.81. The summed E-state index contributed by atoms with van der Waals surface area (Å²) < 4.78 is 10.5. The third kappa shape index (κ3) is 5.35. The van der Waals surface area contributed by atoms with Gasteiger partial charge in [-0.25, -0.2) is 9.78 Å². The van der Waals surface area contributed by atoms with Gasteiger partial charge in [-0.15, -0.1) is 0 Å². The SMILES string of the molecule is C=C(NC(=O)OCC)Nc1ncccc1OCc1ccccc1. The van der Waals surface area contributed by atoms with Crippen molar-refractivity contribution in [2.75, 3.05) is 11.9 Å². The van der Waals surface area contributed by atoms with Crippen LogP contribution in [0.5, 0.6) is 5.75 Å². The van der Waals surface area contributed by atoms with Gasteiger partial charge in [-0.1, -0.05) is 36.9 Å². The first kappa shape index (κ1) is 16.4. The van der Waals surface area contributed by atoms with Gasteiger partial charge in [0.25, 0.3) is 0 Å². The maximum Gasteiger partial charge on any atom is 0.412 e. The molecular formula is C17H19N3O3. The van der Waals surface area contributed by atoms with Crippen molar-refractivity contribution in [3.05, 3.63) is 66.6 Å². The summed E-state index contributed by atoms with van der Waals surface area (Å²) in [7, 11) is 0. The Kier molecular flexibility index (Phi) is 5.99. The Morgan fingerprint density at radius 1 is 1.22 bits per heavy atom. The topological polar surface area (TPSA) is 72.5 Å². The number of carbonyl (C=O) groups is 1. The van der Waals surface area contributed by atoms with Crippen LogP contribution >= 0.6 is 0 Å². The van der Waals surface area contributed by atoms with Gasteiger partial charge in [-0.2, -0.15) is 0 Å². The molecule has 0 saturated heterocycles. The first-order valence-corrected chi connectivity index (χ1v) is 7.20. The van der Waals surface area contributed by atoms with Crippen molar-refractivity contribution < 1.29 is 14.3 Å². The number of ether oxygens (including phenoxy) is 2. The molecule has 0 fully saturated rings. The molecule has 6 heteroatoms. The third-order valence-corrected chi connectivity index (χ3v) is 2.81. The lowest BCUT2D eigenvalue weighted by atomic mass is 10.2. The predicted molar refractivity (Wildman–Crippen MR) is 87.9 cm³/mol. The van der Waals surface area contributed by atoms with Gasteiger partial charge in [0.05, 0.1) is 6.61 Å². The number of aromatic nitrogens is 1. The van der Waals surface area contributed by atoms with Crippen LogP contribution < -0.4 is 15.4 Å². The van der Waals surface area contributed by atoms with E-state index in [0.29, 0.717) is 18.2 Å². The number of carbonyl (C=O) groups excluding carboxylic acids is 1. The number of rotatable bonds is 7. The Labute approximate surface area is 135 Å². The average molecular weight is 313 g/mol. The van der Waals surface area contributed by atoms with Crippen LogP contribution in [0.2, 0.25) is 0 Å². The maximum atomic E-state index is 11.4. The summed E-state index contributed by atoms with van der Waals surface area (Å²) in [4.78, 5) is 15.5. The van der Waals surface area contributed by atoms with Crippen LogP contribution in [-0.4, -0.2) is 17.7 Å². The molecule has 0 aliphatic rings. The minimum atomic E-state index is -0.576. The summed E-state index contributed by atoms with van der Waals surface area (Å²) in [5.74, 6) is 1.28. The van der Waals surface area contributed by atoms with Gasteiger partial charge in [0.1, 0.15) is 12.4 Å². The van der Waals surface area contributed by atoms with E-state index in [1.807, 2.05) is 30.3 Å². The Bertz CT molecular complexity index is 659. The summed E-state index contributed by atoms with van der Waals surface area (Å²) in [5, 5.41) is 5.36. The summed E-state index contributed by atoms with van der Waals surface area (Å²) in [6, 6.07) is 13.4. The van der Waals surface area contributed by atoms with Crippen LogP contribution in [0.25, 0.3) is 0 Å². The number of nitrogens with one attached hydrogen (secondary N) is 2. The first-order valence-electron chi connectivity index (χ1n) is 7.20. The standard InChI is InChI=1S/C17H19N3O3/c1-3-22-17(21)20-13(2)19-16-15(10-7-11-18-16)23-12-14-8-5-4-6-9-14/h4-11H,2-3,12H2,1H3,(H,18,19)(H,20,21). The zero-order valence-corrected chi connectivity index (χ0v) is 12.9. The lowest BCUT2D eigenvalue weighted by Gasteiger charge is -2.14. The lowest BCUT2D eigenvalue weighted by Crippen LogP contribution is -2.27. The van der Waals surface area contributed by atoms with Crippen molar-refractivity contribution in [2.45, 2.75) is 13.5 Å². The molecule has 0 spiro atoms. The van der Waals surface area contributed by atoms with Crippen molar-refractivity contribution in [3.63, 3.8) is 0 Å². The summed E-state index contributed by atoms with van der Waals surface area (Å²) in [6.07, 6.45) is 1.04. The van der Waals surface area contributed by atoms with Gasteiger partial charge in [0.2, 0.25) is 0 Å². The highest BCUT2D eigenvalue weighted by Crippen LogP contribution is 2.22. The molecule has 0 aliphatic carbocycles. The van der Waals surface area contributed by atoms with Gasteiger partial charge < -0.3 is 14.8 Å². The number of pyridine rings is 1. The molecule has 2 aromatic rings. The smallest absolute Gasteiger partial charge is 0.412 e. The minimum Gasteiger partial charge on any atom is -0.485 e. The zero-order valence-electron chi connectivity index (χ0n) is 12.9. The van der Waals surface area contributed by atoms with Crippen molar-refractivity contribution >= 4 is 11.9 Å². The number of hydrogen-bond acceptors (Lipinski definition) is 5. The largest absolute Gasteiger partial charge is 0.485 e. The number of amides is 1. The Morgan fingerprint density at radius 2 is 2.00 bits per heavy atom. The summed E-state index contributed by atoms with van der Waals surface area (Å²) >= 11 is 0. The van der Waals surface area contributed by atoms with Crippen LogP contribution in [0.3, 0.4) is 0 Å². The second kappa shape index (κ2) is 8.43. The number of benzene rings is 1.